The summed E-state index contributed by atoms with van der Waals surface area (Å²) in [6.45, 7) is 2.51. The van der Waals surface area contributed by atoms with Gasteiger partial charge in [-0.25, -0.2) is 0 Å². The van der Waals surface area contributed by atoms with Crippen molar-refractivity contribution in [1.82, 2.24) is 4.90 Å². The quantitative estimate of drug-likeness (QED) is 0.230. The van der Waals surface area contributed by atoms with Crippen molar-refractivity contribution < 1.29 is 27.8 Å². The van der Waals surface area contributed by atoms with Crippen LogP contribution < -0.4 is 4.74 Å². The first-order valence-electron chi connectivity index (χ1n) is 12.2. The minimum atomic E-state index is -4.84. The molecule has 4 aromatic carbocycles. The van der Waals surface area contributed by atoms with Crippen LogP contribution in [0.1, 0.15) is 42.1 Å². The van der Waals surface area contributed by atoms with Crippen LogP contribution in [0.15, 0.2) is 109 Å². The molecule has 0 saturated carbocycles. The summed E-state index contributed by atoms with van der Waals surface area (Å²) in [6, 6.07) is 31.8. The summed E-state index contributed by atoms with van der Waals surface area (Å²) < 4.78 is 43.4. The predicted molar refractivity (Wildman–Crippen MR) is 140 cm³/mol. The van der Waals surface area contributed by atoms with E-state index in [1.54, 1.807) is 30.3 Å². The van der Waals surface area contributed by atoms with E-state index in [0.29, 0.717) is 17.7 Å². The average Bonchev–Trinajstić information content (AvgIpc) is 2.91. The molecule has 0 heterocycles. The molecule has 4 rings (SSSR count). The highest BCUT2D eigenvalue weighted by Crippen LogP contribution is 2.38. The zero-order valence-electron chi connectivity index (χ0n) is 20.8. The summed E-state index contributed by atoms with van der Waals surface area (Å²) in [7, 11) is 0. The molecule has 0 bridgehead atoms. The van der Waals surface area contributed by atoms with Gasteiger partial charge in [-0.05, 0) is 41.3 Å². The van der Waals surface area contributed by atoms with Gasteiger partial charge >= 0.3 is 12.3 Å². The van der Waals surface area contributed by atoms with Crippen LogP contribution in [0.3, 0.4) is 0 Å². The van der Waals surface area contributed by atoms with Gasteiger partial charge < -0.3 is 9.84 Å². The van der Waals surface area contributed by atoms with E-state index in [1.165, 1.54) is 12.1 Å². The second kappa shape index (κ2) is 12.0. The smallest absolute Gasteiger partial charge is 0.481 e. The molecule has 2 atom stereocenters. The van der Waals surface area contributed by atoms with Gasteiger partial charge in [0.15, 0.2) is 0 Å². The number of aliphatic carboxylic acids is 1. The lowest BCUT2D eigenvalue weighted by molar-refractivity contribution is -0.274. The van der Waals surface area contributed by atoms with Gasteiger partial charge in [-0.2, -0.15) is 0 Å². The highest BCUT2D eigenvalue weighted by molar-refractivity contribution is 5.72. The molecule has 0 fully saturated rings. The average molecular weight is 520 g/mol. The molecule has 0 saturated heterocycles. The molecular weight excluding hydrogens is 491 g/mol. The number of alkyl halides is 3. The molecule has 2 unspecified atom stereocenters. The van der Waals surface area contributed by atoms with E-state index < -0.39 is 18.4 Å². The van der Waals surface area contributed by atoms with Crippen molar-refractivity contribution in [1.29, 1.82) is 0 Å². The van der Waals surface area contributed by atoms with Crippen molar-refractivity contribution in [2.75, 3.05) is 0 Å². The highest BCUT2D eigenvalue weighted by atomic mass is 19.4. The molecule has 0 aliphatic heterocycles. The number of halogens is 3. The Hall–Kier alpha value is -4.10. The van der Waals surface area contributed by atoms with Crippen molar-refractivity contribution in [3.63, 3.8) is 0 Å². The van der Waals surface area contributed by atoms with Crippen molar-refractivity contribution in [2.45, 2.75) is 38.3 Å². The van der Waals surface area contributed by atoms with Crippen LogP contribution in [0.2, 0.25) is 0 Å². The van der Waals surface area contributed by atoms with Crippen molar-refractivity contribution >= 4 is 5.97 Å². The Morgan fingerprint density at radius 1 is 0.842 bits per heavy atom. The Morgan fingerprint density at radius 2 is 1.45 bits per heavy atom. The minimum absolute atomic E-state index is 0.148. The molecule has 4 aromatic rings. The number of rotatable bonds is 10. The molecule has 4 nitrogen and oxygen atoms in total. The number of benzene rings is 4. The number of carboxylic acid groups (broad SMARTS) is 1. The fraction of sp³-hybridized carbons (Fsp3) is 0.194. The van der Waals surface area contributed by atoms with Crippen LogP contribution in [0.25, 0.3) is 11.1 Å². The second-order valence-corrected chi connectivity index (χ2v) is 9.03. The van der Waals surface area contributed by atoms with Gasteiger partial charge in [-0.1, -0.05) is 97.1 Å². The number of ether oxygens (including phenoxy) is 1. The summed E-state index contributed by atoms with van der Waals surface area (Å²) in [5.41, 5.74) is 3.51. The Morgan fingerprint density at radius 3 is 2.11 bits per heavy atom. The second-order valence-electron chi connectivity index (χ2n) is 9.03. The zero-order chi connectivity index (χ0) is 27.1. The third kappa shape index (κ3) is 7.01. The highest BCUT2D eigenvalue weighted by Gasteiger charge is 2.32. The van der Waals surface area contributed by atoms with E-state index in [-0.39, 0.29) is 23.8 Å². The molecule has 0 amide bonds. The Labute approximate surface area is 219 Å². The van der Waals surface area contributed by atoms with Crippen LogP contribution >= 0.6 is 0 Å². The number of carboxylic acids is 1. The minimum Gasteiger partial charge on any atom is -0.481 e. The molecule has 0 spiro atoms. The summed E-state index contributed by atoms with van der Waals surface area (Å²) in [5, 5.41) is 9.90. The maximum Gasteiger partial charge on any atom is 0.573 e. The molecule has 0 aliphatic rings. The third-order valence-corrected chi connectivity index (χ3v) is 6.45. The first-order valence-corrected chi connectivity index (χ1v) is 12.2. The molecular formula is C31H28F3NO3. The topological polar surface area (TPSA) is 49.8 Å². The van der Waals surface area contributed by atoms with Gasteiger partial charge in [0.1, 0.15) is 5.75 Å². The number of para-hydroxylation sites is 1. The number of carbonyl (C=O) groups is 1. The fourth-order valence-corrected chi connectivity index (χ4v) is 4.66. The van der Waals surface area contributed by atoms with E-state index >= 15 is 0 Å². The van der Waals surface area contributed by atoms with Gasteiger partial charge in [0, 0.05) is 24.2 Å². The lowest BCUT2D eigenvalue weighted by Gasteiger charge is -2.37. The van der Waals surface area contributed by atoms with Gasteiger partial charge in [0.25, 0.3) is 0 Å². The largest absolute Gasteiger partial charge is 0.573 e. The number of nitrogens with zero attached hydrogens (tertiary/aromatic N) is 1. The molecule has 0 aromatic heterocycles. The van der Waals surface area contributed by atoms with Crippen LogP contribution in [-0.2, 0) is 11.3 Å². The Kier molecular flexibility index (Phi) is 8.48. The first-order chi connectivity index (χ1) is 18.2. The van der Waals surface area contributed by atoms with Gasteiger partial charge in [-0.15, -0.1) is 13.2 Å². The van der Waals surface area contributed by atoms with Crippen LogP contribution in [0, 0.1) is 0 Å². The fourth-order valence-electron chi connectivity index (χ4n) is 4.66. The van der Waals surface area contributed by atoms with E-state index in [2.05, 4.69) is 9.64 Å². The third-order valence-electron chi connectivity index (χ3n) is 6.45. The molecule has 196 valence electrons. The summed E-state index contributed by atoms with van der Waals surface area (Å²) in [4.78, 5) is 14.2. The molecule has 0 aliphatic carbocycles. The lowest BCUT2D eigenvalue weighted by Crippen LogP contribution is -2.32. The summed E-state index contributed by atoms with van der Waals surface area (Å²) in [5.74, 6) is -1.29. The van der Waals surface area contributed by atoms with Crippen LogP contribution in [0.5, 0.6) is 5.75 Å². The normalized spacial score (nSPS) is 13.2. The zero-order valence-corrected chi connectivity index (χ0v) is 20.8. The van der Waals surface area contributed by atoms with E-state index in [9.17, 15) is 23.1 Å². The van der Waals surface area contributed by atoms with E-state index in [4.69, 9.17) is 0 Å². The Bertz CT molecular complexity index is 1340. The van der Waals surface area contributed by atoms with Crippen molar-refractivity contribution in [3.05, 3.63) is 126 Å². The van der Waals surface area contributed by atoms with Gasteiger partial charge in [0.05, 0.1) is 6.42 Å². The van der Waals surface area contributed by atoms with Crippen molar-refractivity contribution in [2.24, 2.45) is 0 Å². The van der Waals surface area contributed by atoms with Crippen LogP contribution in [0.4, 0.5) is 13.2 Å². The Balaban J connectivity index is 1.79. The SMILES string of the molecule is CC(c1ccccc1)N(Cc1ccccc1)C(CC(=O)O)c1cccc(-c2ccccc2OC(F)(F)F)c1. The van der Waals surface area contributed by atoms with Crippen LogP contribution in [-0.4, -0.2) is 22.3 Å². The monoisotopic (exact) mass is 519 g/mol. The lowest BCUT2D eigenvalue weighted by atomic mass is 9.94. The first kappa shape index (κ1) is 26.9. The summed E-state index contributed by atoms with van der Waals surface area (Å²) in [6.07, 6.45) is -5.02. The summed E-state index contributed by atoms with van der Waals surface area (Å²) >= 11 is 0. The maximum atomic E-state index is 13.1. The van der Waals surface area contributed by atoms with Crippen molar-refractivity contribution in [3.8, 4) is 16.9 Å². The van der Waals surface area contributed by atoms with Gasteiger partial charge in [-0.3, -0.25) is 9.69 Å². The standard InChI is InChI=1S/C31H28F3NO3/c1-22(24-13-6-3-7-14-24)35(21-23-11-4-2-5-12-23)28(20-30(36)37)26-16-10-15-25(19-26)27-17-8-9-18-29(27)38-31(32,33)34/h2-19,22,28H,20-21H2,1H3,(H,36,37). The predicted octanol–water partition coefficient (Wildman–Crippen LogP) is 8.03. The molecule has 7 heteroatoms. The molecule has 1 N–H and O–H groups in total. The number of hydrogen-bond donors (Lipinski definition) is 1. The maximum absolute atomic E-state index is 13.1. The van der Waals surface area contributed by atoms with Gasteiger partial charge in [0.2, 0.25) is 0 Å². The molecule has 0 radical (unpaired) electrons. The van der Waals surface area contributed by atoms with E-state index in [1.807, 2.05) is 73.7 Å². The van der Waals surface area contributed by atoms with E-state index in [0.717, 1.165) is 11.1 Å². The number of hydrogen-bond acceptors (Lipinski definition) is 3. The molecule has 38 heavy (non-hydrogen) atoms.